The molecule has 1 saturated heterocycles. The molecule has 1 fully saturated rings. The predicted molar refractivity (Wildman–Crippen MR) is 61.3 cm³/mol. The van der Waals surface area contributed by atoms with Crippen LogP contribution in [0.15, 0.2) is 17.3 Å². The van der Waals surface area contributed by atoms with Crippen molar-refractivity contribution in [3.8, 4) is 0 Å². The van der Waals surface area contributed by atoms with Crippen molar-refractivity contribution in [2.75, 3.05) is 33.3 Å². The number of hydrogen-bond donors (Lipinski definition) is 1. The van der Waals surface area contributed by atoms with Crippen molar-refractivity contribution in [1.82, 2.24) is 19.4 Å². The van der Waals surface area contributed by atoms with Gasteiger partial charge in [-0.1, -0.05) is 0 Å². The molecule has 2 rings (SSSR count). The summed E-state index contributed by atoms with van der Waals surface area (Å²) in [4.78, 5) is 12.7. The Balaban J connectivity index is 2.04. The molecular weight excluding hydrogens is 260 g/mol. The number of piperazine rings is 1. The van der Waals surface area contributed by atoms with E-state index < -0.39 is 16.1 Å². The monoisotopic (exact) mass is 274 g/mol. The minimum Gasteiger partial charge on any atom is -0.453 e. The quantitative estimate of drug-likeness (QED) is 0.783. The first-order chi connectivity index (χ1) is 8.55. The molecule has 0 aliphatic carbocycles. The fourth-order valence-corrected chi connectivity index (χ4v) is 3.09. The molecule has 9 heteroatoms. The molecular formula is C9H14N4O4S. The summed E-state index contributed by atoms with van der Waals surface area (Å²) >= 11 is 0. The van der Waals surface area contributed by atoms with Crippen LogP contribution in [0.2, 0.25) is 0 Å². The smallest absolute Gasteiger partial charge is 0.409 e. The van der Waals surface area contributed by atoms with Crippen LogP contribution in [0.25, 0.3) is 0 Å². The van der Waals surface area contributed by atoms with Gasteiger partial charge in [0, 0.05) is 26.2 Å². The number of rotatable bonds is 2. The fourth-order valence-electron chi connectivity index (χ4n) is 1.77. The third kappa shape index (κ3) is 2.31. The molecule has 2 heterocycles. The highest BCUT2D eigenvalue weighted by Gasteiger charge is 2.31. The Kier molecular flexibility index (Phi) is 3.53. The molecule has 1 amide bonds. The zero-order valence-electron chi connectivity index (χ0n) is 9.87. The van der Waals surface area contributed by atoms with Crippen molar-refractivity contribution in [2.24, 2.45) is 0 Å². The number of aromatic amines is 1. The lowest BCUT2D eigenvalue weighted by atomic mass is 10.4. The van der Waals surface area contributed by atoms with Gasteiger partial charge in [0.05, 0.1) is 13.3 Å². The maximum atomic E-state index is 12.1. The predicted octanol–water partition coefficient (Wildman–Crippen LogP) is -0.518. The van der Waals surface area contributed by atoms with Gasteiger partial charge in [0.1, 0.15) is 0 Å². The van der Waals surface area contributed by atoms with Crippen LogP contribution >= 0.6 is 0 Å². The lowest BCUT2D eigenvalue weighted by Gasteiger charge is -2.32. The van der Waals surface area contributed by atoms with Crippen molar-refractivity contribution in [3.05, 3.63) is 12.3 Å². The summed E-state index contributed by atoms with van der Waals surface area (Å²) in [6.45, 7) is 1.13. The maximum Gasteiger partial charge on any atom is 0.409 e. The van der Waals surface area contributed by atoms with Crippen LogP contribution in [0.1, 0.15) is 0 Å². The summed E-state index contributed by atoms with van der Waals surface area (Å²) in [5.41, 5.74) is 0. The second-order valence-corrected chi connectivity index (χ2v) is 5.69. The lowest BCUT2D eigenvalue weighted by Crippen LogP contribution is -2.50. The molecule has 0 atom stereocenters. The van der Waals surface area contributed by atoms with Gasteiger partial charge in [0.25, 0.3) is 10.0 Å². The molecule has 0 aromatic carbocycles. The third-order valence-corrected chi connectivity index (χ3v) is 4.59. The van der Waals surface area contributed by atoms with Gasteiger partial charge in [-0.3, -0.25) is 5.10 Å². The Morgan fingerprint density at radius 2 is 2.06 bits per heavy atom. The van der Waals surface area contributed by atoms with E-state index >= 15 is 0 Å². The first kappa shape index (κ1) is 12.8. The molecule has 18 heavy (non-hydrogen) atoms. The Hall–Kier alpha value is -1.61. The summed E-state index contributed by atoms with van der Waals surface area (Å²) in [6, 6.07) is 1.40. The van der Waals surface area contributed by atoms with Crippen LogP contribution in [0.4, 0.5) is 4.79 Å². The zero-order chi connectivity index (χ0) is 13.2. The van der Waals surface area contributed by atoms with E-state index in [1.165, 1.54) is 28.6 Å². The van der Waals surface area contributed by atoms with Crippen molar-refractivity contribution in [2.45, 2.75) is 5.03 Å². The van der Waals surface area contributed by atoms with Crippen LogP contribution < -0.4 is 0 Å². The van der Waals surface area contributed by atoms with Gasteiger partial charge in [0.2, 0.25) is 0 Å². The minimum absolute atomic E-state index is 0.0639. The highest BCUT2D eigenvalue weighted by atomic mass is 32.2. The van der Waals surface area contributed by atoms with Gasteiger partial charge < -0.3 is 9.64 Å². The van der Waals surface area contributed by atoms with E-state index in [0.717, 1.165) is 0 Å². The molecule has 0 spiro atoms. The number of methoxy groups -OCH3 is 1. The molecule has 1 aliphatic rings. The van der Waals surface area contributed by atoms with E-state index in [-0.39, 0.29) is 18.1 Å². The number of H-pyrrole nitrogens is 1. The average molecular weight is 274 g/mol. The average Bonchev–Trinajstić information content (AvgIpc) is 2.92. The molecule has 1 N–H and O–H groups in total. The molecule has 1 aromatic heterocycles. The second kappa shape index (κ2) is 4.94. The minimum atomic E-state index is -3.54. The lowest BCUT2D eigenvalue weighted by molar-refractivity contribution is 0.108. The van der Waals surface area contributed by atoms with E-state index in [2.05, 4.69) is 14.9 Å². The van der Waals surface area contributed by atoms with E-state index in [9.17, 15) is 13.2 Å². The number of hydrogen-bond acceptors (Lipinski definition) is 5. The van der Waals surface area contributed by atoms with Crippen LogP contribution in [0, 0.1) is 0 Å². The van der Waals surface area contributed by atoms with E-state index in [1.54, 1.807) is 0 Å². The molecule has 1 aliphatic heterocycles. The Morgan fingerprint density at radius 3 is 2.56 bits per heavy atom. The van der Waals surface area contributed by atoms with E-state index in [0.29, 0.717) is 13.1 Å². The van der Waals surface area contributed by atoms with Gasteiger partial charge in [-0.2, -0.15) is 9.40 Å². The van der Waals surface area contributed by atoms with Crippen LogP contribution in [0.3, 0.4) is 0 Å². The van der Waals surface area contributed by atoms with Crippen molar-refractivity contribution in [1.29, 1.82) is 0 Å². The number of nitrogens with one attached hydrogen (secondary N) is 1. The largest absolute Gasteiger partial charge is 0.453 e. The molecule has 100 valence electrons. The van der Waals surface area contributed by atoms with E-state index in [4.69, 9.17) is 0 Å². The molecule has 0 saturated carbocycles. The van der Waals surface area contributed by atoms with E-state index in [1.807, 2.05) is 0 Å². The SMILES string of the molecule is COC(=O)N1CCN(S(=O)(=O)c2ccn[nH]2)CC1. The highest BCUT2D eigenvalue weighted by Crippen LogP contribution is 2.15. The fraction of sp³-hybridized carbons (Fsp3) is 0.556. The third-order valence-electron chi connectivity index (χ3n) is 2.76. The van der Waals surface area contributed by atoms with Gasteiger partial charge in [-0.15, -0.1) is 0 Å². The maximum absolute atomic E-state index is 12.1. The molecule has 1 aromatic rings. The number of ether oxygens (including phenoxy) is 1. The van der Waals surface area contributed by atoms with Gasteiger partial charge in [-0.05, 0) is 6.07 Å². The Labute approximate surface area is 105 Å². The first-order valence-corrected chi connectivity index (χ1v) is 6.82. The standard InChI is InChI=1S/C9H14N4O4S/c1-17-9(14)12-4-6-13(7-5-12)18(15,16)8-2-3-10-11-8/h2-3H,4-7H2,1H3,(H,10,11). The van der Waals surface area contributed by atoms with Crippen LogP contribution in [0.5, 0.6) is 0 Å². The second-order valence-electron chi connectivity index (χ2n) is 3.78. The van der Waals surface area contributed by atoms with Crippen LogP contribution in [-0.2, 0) is 14.8 Å². The van der Waals surface area contributed by atoms with Gasteiger partial charge >= 0.3 is 6.09 Å². The Bertz CT molecular complexity index is 505. The van der Waals surface area contributed by atoms with Crippen molar-refractivity contribution >= 4 is 16.1 Å². The number of nitrogens with zero attached hydrogens (tertiary/aromatic N) is 3. The van der Waals surface area contributed by atoms with Crippen molar-refractivity contribution in [3.63, 3.8) is 0 Å². The van der Waals surface area contributed by atoms with Gasteiger partial charge in [0.15, 0.2) is 5.03 Å². The summed E-state index contributed by atoms with van der Waals surface area (Å²) in [5, 5.41) is 6.12. The normalized spacial score (nSPS) is 17.7. The summed E-state index contributed by atoms with van der Waals surface area (Å²) in [7, 11) is -2.24. The van der Waals surface area contributed by atoms with Crippen LogP contribution in [-0.4, -0.2) is 67.2 Å². The Morgan fingerprint density at radius 1 is 1.39 bits per heavy atom. The molecule has 0 unspecified atom stereocenters. The van der Waals surface area contributed by atoms with Gasteiger partial charge in [-0.25, -0.2) is 13.2 Å². The number of carbonyl (C=O) groups is 1. The number of aromatic nitrogens is 2. The summed E-state index contributed by atoms with van der Waals surface area (Å²) in [5.74, 6) is 0. The summed E-state index contributed by atoms with van der Waals surface area (Å²) in [6.07, 6.45) is 0.950. The first-order valence-electron chi connectivity index (χ1n) is 5.38. The number of amides is 1. The number of carbonyl (C=O) groups excluding carboxylic acids is 1. The zero-order valence-corrected chi connectivity index (χ0v) is 10.7. The summed E-state index contributed by atoms with van der Waals surface area (Å²) < 4.78 is 30.1. The highest BCUT2D eigenvalue weighted by molar-refractivity contribution is 7.89. The topological polar surface area (TPSA) is 95.6 Å². The van der Waals surface area contributed by atoms with Crippen molar-refractivity contribution < 1.29 is 17.9 Å². The number of sulfonamides is 1. The molecule has 0 bridgehead atoms. The molecule has 8 nitrogen and oxygen atoms in total. The molecule has 0 radical (unpaired) electrons.